The second kappa shape index (κ2) is 7.44. The molecule has 3 heterocycles. The number of aromatic nitrogens is 2. The van der Waals surface area contributed by atoms with Crippen LogP contribution in [0.25, 0.3) is 11.8 Å². The van der Waals surface area contributed by atoms with Crippen LogP contribution < -0.4 is 10.2 Å². The number of benzene rings is 1. The summed E-state index contributed by atoms with van der Waals surface area (Å²) in [5.41, 5.74) is 4.22. The third-order valence-electron chi connectivity index (χ3n) is 4.79. The summed E-state index contributed by atoms with van der Waals surface area (Å²) in [6.45, 7) is 3.91. The molecule has 0 radical (unpaired) electrons. The minimum atomic E-state index is -0.502. The Balaban J connectivity index is 1.77. The first-order valence-electron chi connectivity index (χ1n) is 9.03. The molecule has 1 aliphatic rings. The van der Waals surface area contributed by atoms with Crippen molar-refractivity contribution in [2.75, 3.05) is 4.90 Å². The van der Waals surface area contributed by atoms with E-state index in [-0.39, 0.29) is 10.7 Å². The van der Waals surface area contributed by atoms with Gasteiger partial charge in [-0.15, -0.1) is 0 Å². The quantitative estimate of drug-likeness (QED) is 0.415. The van der Waals surface area contributed by atoms with Crippen LogP contribution in [0.15, 0.2) is 66.5 Å². The molecule has 2 amide bonds. The molecule has 0 spiro atoms. The number of para-hydroxylation sites is 1. The van der Waals surface area contributed by atoms with E-state index in [1.807, 2.05) is 54.8 Å². The summed E-state index contributed by atoms with van der Waals surface area (Å²) in [4.78, 5) is 31.2. The van der Waals surface area contributed by atoms with E-state index in [0.29, 0.717) is 5.69 Å². The van der Waals surface area contributed by atoms with Crippen molar-refractivity contribution in [1.29, 1.82) is 0 Å². The molecule has 29 heavy (non-hydrogen) atoms. The monoisotopic (exact) mass is 402 g/mol. The molecule has 4 rings (SSSR count). The van der Waals surface area contributed by atoms with Crippen LogP contribution in [0.4, 0.5) is 5.69 Å². The lowest BCUT2D eigenvalue weighted by molar-refractivity contribution is -0.122. The second-order valence-electron chi connectivity index (χ2n) is 6.67. The van der Waals surface area contributed by atoms with Gasteiger partial charge in [-0.25, -0.2) is 0 Å². The Morgan fingerprint density at radius 1 is 1.03 bits per heavy atom. The normalized spacial score (nSPS) is 15.7. The lowest BCUT2D eigenvalue weighted by Gasteiger charge is -2.28. The molecule has 0 aliphatic carbocycles. The first-order valence-corrected chi connectivity index (χ1v) is 9.44. The molecule has 6 nitrogen and oxygen atoms in total. The maximum absolute atomic E-state index is 13.1. The Hall–Kier alpha value is -3.58. The van der Waals surface area contributed by atoms with E-state index >= 15 is 0 Å². The fraction of sp³-hybridized carbons (Fsp3) is 0.0909. The fourth-order valence-electron chi connectivity index (χ4n) is 3.44. The fourth-order valence-corrected chi connectivity index (χ4v) is 3.72. The zero-order valence-electron chi connectivity index (χ0n) is 15.9. The molecule has 1 N–H and O–H groups in total. The van der Waals surface area contributed by atoms with E-state index in [1.165, 1.54) is 4.90 Å². The van der Waals surface area contributed by atoms with Gasteiger partial charge in [0.2, 0.25) is 0 Å². The number of hydrogen-bond acceptors (Lipinski definition) is 4. The van der Waals surface area contributed by atoms with E-state index in [2.05, 4.69) is 10.3 Å². The molecule has 3 aromatic rings. The molecule has 1 fully saturated rings. The van der Waals surface area contributed by atoms with Gasteiger partial charge in [-0.1, -0.05) is 18.2 Å². The number of carbonyl (C=O) groups is 2. The van der Waals surface area contributed by atoms with Crippen molar-refractivity contribution < 1.29 is 9.59 Å². The van der Waals surface area contributed by atoms with Gasteiger partial charge in [0.15, 0.2) is 5.11 Å². The zero-order valence-corrected chi connectivity index (χ0v) is 16.7. The molecule has 7 heteroatoms. The van der Waals surface area contributed by atoms with Crippen molar-refractivity contribution in [3.63, 3.8) is 0 Å². The van der Waals surface area contributed by atoms with Gasteiger partial charge in [-0.05, 0) is 68.0 Å². The average molecular weight is 402 g/mol. The van der Waals surface area contributed by atoms with Crippen LogP contribution >= 0.6 is 12.2 Å². The molecule has 2 aromatic heterocycles. The van der Waals surface area contributed by atoms with Crippen molar-refractivity contribution in [3.8, 4) is 5.69 Å². The number of anilines is 1. The van der Waals surface area contributed by atoms with Gasteiger partial charge in [-0.2, -0.15) is 0 Å². The Morgan fingerprint density at radius 2 is 1.76 bits per heavy atom. The summed E-state index contributed by atoms with van der Waals surface area (Å²) >= 11 is 5.23. The maximum atomic E-state index is 13.1. The topological polar surface area (TPSA) is 67.2 Å². The highest BCUT2D eigenvalue weighted by Crippen LogP contribution is 2.25. The van der Waals surface area contributed by atoms with Crippen molar-refractivity contribution >= 4 is 40.9 Å². The first-order chi connectivity index (χ1) is 14.0. The molecule has 0 unspecified atom stereocenters. The number of rotatable bonds is 3. The minimum Gasteiger partial charge on any atom is -0.316 e. The molecule has 144 valence electrons. The Morgan fingerprint density at radius 3 is 2.45 bits per heavy atom. The SMILES string of the molecule is Cc1cc(/C=C2\C(=O)NC(=S)N(c3ccccc3)C2=O)c(C)n1-c1cccnc1. The zero-order chi connectivity index (χ0) is 20.5. The number of nitrogens with one attached hydrogen (secondary N) is 1. The highest BCUT2D eigenvalue weighted by Gasteiger charge is 2.34. The lowest BCUT2D eigenvalue weighted by Crippen LogP contribution is -2.54. The summed E-state index contributed by atoms with van der Waals surface area (Å²) < 4.78 is 2.03. The number of aryl methyl sites for hydroxylation is 1. The van der Waals surface area contributed by atoms with E-state index in [0.717, 1.165) is 22.6 Å². The Bertz CT molecular complexity index is 1150. The van der Waals surface area contributed by atoms with E-state index in [9.17, 15) is 9.59 Å². The summed E-state index contributed by atoms with van der Waals surface area (Å²) in [7, 11) is 0. The second-order valence-corrected chi connectivity index (χ2v) is 7.05. The van der Waals surface area contributed by atoms with Crippen LogP contribution in [0.1, 0.15) is 17.0 Å². The number of pyridine rings is 1. The van der Waals surface area contributed by atoms with Gasteiger partial charge in [0.05, 0.1) is 17.6 Å². The molecule has 0 atom stereocenters. The van der Waals surface area contributed by atoms with Gasteiger partial charge >= 0.3 is 0 Å². The highest BCUT2D eigenvalue weighted by atomic mass is 32.1. The number of nitrogens with zero attached hydrogens (tertiary/aromatic N) is 3. The van der Waals surface area contributed by atoms with Crippen molar-refractivity contribution in [2.24, 2.45) is 0 Å². The largest absolute Gasteiger partial charge is 0.316 e. The number of carbonyl (C=O) groups excluding carboxylic acids is 2. The van der Waals surface area contributed by atoms with E-state index in [4.69, 9.17) is 12.2 Å². The van der Waals surface area contributed by atoms with Crippen LogP contribution in [0.5, 0.6) is 0 Å². The van der Waals surface area contributed by atoms with Crippen molar-refractivity contribution in [2.45, 2.75) is 13.8 Å². The highest BCUT2D eigenvalue weighted by molar-refractivity contribution is 7.80. The number of hydrogen-bond donors (Lipinski definition) is 1. The van der Waals surface area contributed by atoms with Gasteiger partial charge in [0, 0.05) is 17.6 Å². The third-order valence-corrected chi connectivity index (χ3v) is 5.07. The first kappa shape index (κ1) is 18.8. The van der Waals surface area contributed by atoms with Gasteiger partial charge < -0.3 is 4.57 Å². The molecule has 1 saturated heterocycles. The molecule has 0 bridgehead atoms. The van der Waals surface area contributed by atoms with Crippen LogP contribution in [0, 0.1) is 13.8 Å². The predicted molar refractivity (Wildman–Crippen MR) is 116 cm³/mol. The number of amides is 2. The van der Waals surface area contributed by atoms with Crippen molar-refractivity contribution in [1.82, 2.24) is 14.9 Å². The molecule has 1 aliphatic heterocycles. The van der Waals surface area contributed by atoms with Crippen LogP contribution in [0.3, 0.4) is 0 Å². The van der Waals surface area contributed by atoms with Gasteiger partial charge in [0.1, 0.15) is 5.57 Å². The van der Waals surface area contributed by atoms with Crippen molar-refractivity contribution in [3.05, 3.63) is 83.4 Å². The van der Waals surface area contributed by atoms with Crippen LogP contribution in [-0.4, -0.2) is 26.5 Å². The van der Waals surface area contributed by atoms with Crippen LogP contribution in [0.2, 0.25) is 0 Å². The van der Waals surface area contributed by atoms with Gasteiger partial charge in [0.25, 0.3) is 11.8 Å². The minimum absolute atomic E-state index is 0.0360. The number of thiocarbonyl (C=S) groups is 1. The Kier molecular flexibility index (Phi) is 4.82. The van der Waals surface area contributed by atoms with Crippen LogP contribution in [-0.2, 0) is 9.59 Å². The molecular weight excluding hydrogens is 384 g/mol. The van der Waals surface area contributed by atoms with E-state index in [1.54, 1.807) is 30.6 Å². The molecule has 1 aromatic carbocycles. The summed E-state index contributed by atoms with van der Waals surface area (Å²) in [6.07, 6.45) is 5.10. The summed E-state index contributed by atoms with van der Waals surface area (Å²) in [5, 5.41) is 2.69. The van der Waals surface area contributed by atoms with Gasteiger partial charge in [-0.3, -0.25) is 24.8 Å². The third kappa shape index (κ3) is 3.36. The van der Waals surface area contributed by atoms with E-state index < -0.39 is 11.8 Å². The Labute approximate surface area is 173 Å². The summed E-state index contributed by atoms with van der Waals surface area (Å²) in [6, 6.07) is 14.8. The predicted octanol–water partition coefficient (Wildman–Crippen LogP) is 3.32. The maximum Gasteiger partial charge on any atom is 0.270 e. The smallest absolute Gasteiger partial charge is 0.270 e. The average Bonchev–Trinajstić information content (AvgIpc) is 2.99. The molecule has 0 saturated carbocycles. The lowest BCUT2D eigenvalue weighted by atomic mass is 10.1. The summed E-state index contributed by atoms with van der Waals surface area (Å²) in [5.74, 6) is -0.950. The molecular formula is C22H18N4O2S. The standard InChI is InChI=1S/C22H18N4O2S/c1-14-11-16(15(2)25(14)18-9-6-10-23-13-18)12-19-20(27)24-22(29)26(21(19)28)17-7-4-3-5-8-17/h3-13H,1-2H3,(H,24,27,29)/b19-12+.